The molecule has 0 radical (unpaired) electrons. The summed E-state index contributed by atoms with van der Waals surface area (Å²) in [4.78, 5) is 6.59. The Kier molecular flexibility index (Phi) is 6.55. The van der Waals surface area contributed by atoms with Crippen molar-refractivity contribution >= 4 is 11.8 Å². The molecule has 0 aliphatic carbocycles. The Morgan fingerprint density at radius 3 is 2.94 bits per heavy atom. The smallest absolute Gasteiger partial charge is 0.0542 e. The van der Waals surface area contributed by atoms with E-state index in [1.54, 1.807) is 0 Å². The van der Waals surface area contributed by atoms with E-state index in [0.29, 0.717) is 12.6 Å². The quantitative estimate of drug-likeness (QED) is 0.808. The van der Waals surface area contributed by atoms with E-state index in [2.05, 4.69) is 42.2 Å². The van der Waals surface area contributed by atoms with E-state index < -0.39 is 0 Å². The first kappa shape index (κ1) is 14.5. The topological polar surface area (TPSA) is 42.2 Å². The van der Waals surface area contributed by atoms with E-state index in [-0.39, 0.29) is 0 Å². The van der Waals surface area contributed by atoms with Gasteiger partial charge in [-0.1, -0.05) is 0 Å². The maximum Gasteiger partial charge on any atom is 0.0542 e. The summed E-state index contributed by atoms with van der Waals surface area (Å²) in [5.41, 5.74) is 7.85. The molecule has 1 atom stereocenters. The molecule has 0 saturated heterocycles. The Labute approximate surface area is 109 Å². The van der Waals surface area contributed by atoms with Crippen LogP contribution in [0.3, 0.4) is 0 Å². The molecule has 0 aromatic carbocycles. The number of hydrogen-bond donors (Lipinski definition) is 1. The maximum atomic E-state index is 5.60. The van der Waals surface area contributed by atoms with E-state index in [9.17, 15) is 0 Å². The second-order valence-electron chi connectivity index (χ2n) is 4.41. The Morgan fingerprint density at radius 2 is 2.29 bits per heavy atom. The van der Waals surface area contributed by atoms with Gasteiger partial charge in [0, 0.05) is 25.3 Å². The predicted octanol–water partition coefficient (Wildman–Crippen LogP) is 2.11. The monoisotopic (exact) mass is 253 g/mol. The van der Waals surface area contributed by atoms with Gasteiger partial charge in [-0.3, -0.25) is 9.88 Å². The summed E-state index contributed by atoms with van der Waals surface area (Å²) >= 11 is 1.91. The standard InChI is InChI=1S/C13H23N3S/c1-11(5-7-17-3)16(2)10-12-4-6-15-13(8-12)9-14/h4,6,8,11H,5,7,9-10,14H2,1-3H3. The second kappa shape index (κ2) is 7.69. The van der Waals surface area contributed by atoms with Crippen LogP contribution in [0.4, 0.5) is 0 Å². The molecule has 0 saturated carbocycles. The number of hydrogen-bond acceptors (Lipinski definition) is 4. The van der Waals surface area contributed by atoms with Gasteiger partial charge in [0.1, 0.15) is 0 Å². The third kappa shape index (κ3) is 5.06. The Bertz CT molecular complexity index is 330. The largest absolute Gasteiger partial charge is 0.325 e. The van der Waals surface area contributed by atoms with Crippen LogP contribution >= 0.6 is 11.8 Å². The molecule has 3 nitrogen and oxygen atoms in total. The minimum Gasteiger partial charge on any atom is -0.325 e. The third-order valence-electron chi connectivity index (χ3n) is 3.01. The molecule has 1 aromatic rings. The van der Waals surface area contributed by atoms with E-state index in [0.717, 1.165) is 12.2 Å². The second-order valence-corrected chi connectivity index (χ2v) is 5.39. The molecular formula is C13H23N3S. The zero-order chi connectivity index (χ0) is 12.7. The first-order valence-corrected chi connectivity index (χ1v) is 7.39. The molecule has 96 valence electrons. The predicted molar refractivity (Wildman–Crippen MR) is 76.1 cm³/mol. The van der Waals surface area contributed by atoms with Crippen LogP contribution in [0.1, 0.15) is 24.6 Å². The minimum absolute atomic E-state index is 0.513. The lowest BCUT2D eigenvalue weighted by atomic mass is 10.1. The molecule has 0 aliphatic rings. The lowest BCUT2D eigenvalue weighted by Crippen LogP contribution is -2.29. The highest BCUT2D eigenvalue weighted by Gasteiger charge is 2.09. The average molecular weight is 253 g/mol. The third-order valence-corrected chi connectivity index (χ3v) is 3.66. The average Bonchev–Trinajstić information content (AvgIpc) is 2.36. The fourth-order valence-electron chi connectivity index (χ4n) is 1.69. The molecule has 0 fully saturated rings. The van der Waals surface area contributed by atoms with Gasteiger partial charge in [-0.15, -0.1) is 0 Å². The highest BCUT2D eigenvalue weighted by Crippen LogP contribution is 2.11. The lowest BCUT2D eigenvalue weighted by molar-refractivity contribution is 0.245. The van der Waals surface area contributed by atoms with Gasteiger partial charge < -0.3 is 5.73 Å². The van der Waals surface area contributed by atoms with Crippen LogP contribution in [0.5, 0.6) is 0 Å². The normalized spacial score (nSPS) is 13.0. The van der Waals surface area contributed by atoms with Crippen LogP contribution in [-0.2, 0) is 13.1 Å². The van der Waals surface area contributed by atoms with Crippen molar-refractivity contribution in [2.45, 2.75) is 32.5 Å². The molecule has 2 N–H and O–H groups in total. The number of pyridine rings is 1. The fraction of sp³-hybridized carbons (Fsp3) is 0.615. The summed E-state index contributed by atoms with van der Waals surface area (Å²) in [5, 5.41) is 0. The highest BCUT2D eigenvalue weighted by atomic mass is 32.2. The molecule has 0 bridgehead atoms. The molecule has 0 aliphatic heterocycles. The number of nitrogens with zero attached hydrogens (tertiary/aromatic N) is 2. The number of nitrogens with two attached hydrogens (primary N) is 1. The van der Waals surface area contributed by atoms with Crippen molar-refractivity contribution in [2.75, 3.05) is 19.1 Å². The van der Waals surface area contributed by atoms with Crippen LogP contribution in [0.15, 0.2) is 18.3 Å². The van der Waals surface area contributed by atoms with Crippen LogP contribution in [0, 0.1) is 0 Å². The highest BCUT2D eigenvalue weighted by molar-refractivity contribution is 7.98. The number of aromatic nitrogens is 1. The summed E-state index contributed by atoms with van der Waals surface area (Å²) in [6.45, 7) is 3.76. The summed E-state index contributed by atoms with van der Waals surface area (Å²) in [5.74, 6) is 1.22. The number of rotatable bonds is 7. The SMILES string of the molecule is CSCCC(C)N(C)Cc1ccnc(CN)c1. The molecule has 0 spiro atoms. The van der Waals surface area contributed by atoms with Crippen molar-refractivity contribution in [1.29, 1.82) is 0 Å². The van der Waals surface area contributed by atoms with E-state index in [4.69, 9.17) is 5.73 Å². The first-order valence-electron chi connectivity index (χ1n) is 6.00. The first-order chi connectivity index (χ1) is 8.17. The molecule has 0 amide bonds. The number of thioether (sulfide) groups is 1. The zero-order valence-corrected chi connectivity index (χ0v) is 11.8. The Hall–Kier alpha value is -0.580. The van der Waals surface area contributed by atoms with Crippen LogP contribution in [0.25, 0.3) is 0 Å². The Balaban J connectivity index is 2.51. The fourth-order valence-corrected chi connectivity index (χ4v) is 2.27. The molecule has 1 unspecified atom stereocenters. The summed E-state index contributed by atoms with van der Waals surface area (Å²) in [7, 11) is 2.17. The van der Waals surface area contributed by atoms with Crippen molar-refractivity contribution in [3.05, 3.63) is 29.6 Å². The Morgan fingerprint density at radius 1 is 1.53 bits per heavy atom. The van der Waals surface area contributed by atoms with E-state index in [1.807, 2.05) is 18.0 Å². The van der Waals surface area contributed by atoms with Crippen molar-refractivity contribution in [3.8, 4) is 0 Å². The van der Waals surface area contributed by atoms with Crippen LogP contribution in [0.2, 0.25) is 0 Å². The minimum atomic E-state index is 0.513. The molecule has 1 aromatic heterocycles. The summed E-state index contributed by atoms with van der Waals surface area (Å²) < 4.78 is 0. The van der Waals surface area contributed by atoms with E-state index >= 15 is 0 Å². The van der Waals surface area contributed by atoms with Gasteiger partial charge in [0.15, 0.2) is 0 Å². The molecule has 17 heavy (non-hydrogen) atoms. The maximum absolute atomic E-state index is 5.60. The van der Waals surface area contributed by atoms with Crippen molar-refractivity contribution < 1.29 is 0 Å². The van der Waals surface area contributed by atoms with Crippen molar-refractivity contribution in [1.82, 2.24) is 9.88 Å². The van der Waals surface area contributed by atoms with Gasteiger partial charge in [0.25, 0.3) is 0 Å². The van der Waals surface area contributed by atoms with Crippen LogP contribution < -0.4 is 5.73 Å². The molecule has 1 heterocycles. The van der Waals surface area contributed by atoms with Gasteiger partial charge in [0.2, 0.25) is 0 Å². The van der Waals surface area contributed by atoms with Gasteiger partial charge in [-0.25, -0.2) is 0 Å². The van der Waals surface area contributed by atoms with Gasteiger partial charge in [0.05, 0.1) is 5.69 Å². The summed E-state index contributed by atoms with van der Waals surface area (Å²) in [6.07, 6.45) is 5.23. The van der Waals surface area contributed by atoms with Crippen LogP contribution in [-0.4, -0.2) is 35.0 Å². The van der Waals surface area contributed by atoms with Gasteiger partial charge >= 0.3 is 0 Å². The van der Waals surface area contributed by atoms with Crippen molar-refractivity contribution in [3.63, 3.8) is 0 Å². The molecular weight excluding hydrogens is 230 g/mol. The summed E-state index contributed by atoms with van der Waals surface area (Å²) in [6, 6.07) is 4.77. The lowest BCUT2D eigenvalue weighted by Gasteiger charge is -2.24. The van der Waals surface area contributed by atoms with E-state index in [1.165, 1.54) is 17.7 Å². The molecule has 1 rings (SSSR count). The zero-order valence-electron chi connectivity index (χ0n) is 11.0. The van der Waals surface area contributed by atoms with Gasteiger partial charge in [-0.2, -0.15) is 11.8 Å². The molecule has 4 heteroatoms. The van der Waals surface area contributed by atoms with Gasteiger partial charge in [-0.05, 0) is 50.1 Å². The van der Waals surface area contributed by atoms with Crippen molar-refractivity contribution in [2.24, 2.45) is 5.73 Å².